The van der Waals surface area contributed by atoms with E-state index in [9.17, 15) is 14.4 Å². The minimum atomic E-state index is -0.822. The van der Waals surface area contributed by atoms with Gasteiger partial charge in [-0.15, -0.1) is 0 Å². The standard InChI is InChI=1S/C17H17NO6S2/c1-22-9-6-4-8(5-7-9)10-11(15(19)23-2)13(16(20)24-3)25-14-12(10)26-17(21)18-14/h4-7,10-11,13H,1-3H3,(H,18,21)/t10-,11-,13-/m0/s1. The molecule has 9 heteroatoms. The summed E-state index contributed by atoms with van der Waals surface area (Å²) in [5, 5.41) is -0.242. The highest BCUT2D eigenvalue weighted by Crippen LogP contribution is 2.49. The van der Waals surface area contributed by atoms with E-state index in [-0.39, 0.29) is 4.87 Å². The van der Waals surface area contributed by atoms with Gasteiger partial charge in [0.25, 0.3) is 0 Å². The Morgan fingerprint density at radius 1 is 1.04 bits per heavy atom. The highest BCUT2D eigenvalue weighted by molar-refractivity contribution is 8.00. The fourth-order valence-corrected chi connectivity index (χ4v) is 5.53. The van der Waals surface area contributed by atoms with Gasteiger partial charge in [0.15, 0.2) is 0 Å². The van der Waals surface area contributed by atoms with Gasteiger partial charge in [0.1, 0.15) is 11.0 Å². The van der Waals surface area contributed by atoms with Crippen molar-refractivity contribution in [3.8, 4) is 5.75 Å². The molecule has 0 saturated heterocycles. The maximum absolute atomic E-state index is 12.6. The van der Waals surface area contributed by atoms with Crippen molar-refractivity contribution in [2.75, 3.05) is 21.3 Å². The zero-order chi connectivity index (χ0) is 18.8. The van der Waals surface area contributed by atoms with E-state index in [1.165, 1.54) is 14.2 Å². The molecule has 138 valence electrons. The minimum absolute atomic E-state index is 0.241. The first-order valence-corrected chi connectivity index (χ1v) is 9.39. The highest BCUT2D eigenvalue weighted by Gasteiger charge is 2.48. The number of H-pyrrole nitrogens is 1. The van der Waals surface area contributed by atoms with E-state index in [0.29, 0.717) is 15.7 Å². The molecule has 1 N–H and O–H groups in total. The number of carbonyl (C=O) groups excluding carboxylic acids is 2. The lowest BCUT2D eigenvalue weighted by atomic mass is 9.82. The monoisotopic (exact) mass is 395 g/mol. The van der Waals surface area contributed by atoms with Crippen LogP contribution >= 0.6 is 23.1 Å². The lowest BCUT2D eigenvalue weighted by Crippen LogP contribution is -2.40. The van der Waals surface area contributed by atoms with Gasteiger partial charge in [-0.1, -0.05) is 35.2 Å². The Morgan fingerprint density at radius 3 is 2.27 bits per heavy atom. The maximum Gasteiger partial charge on any atom is 0.320 e. The highest BCUT2D eigenvalue weighted by atomic mass is 32.2. The van der Waals surface area contributed by atoms with Crippen LogP contribution in [0, 0.1) is 5.92 Å². The number of thioether (sulfide) groups is 1. The quantitative estimate of drug-likeness (QED) is 0.792. The number of benzene rings is 1. The first kappa shape index (κ1) is 18.5. The van der Waals surface area contributed by atoms with Gasteiger partial charge >= 0.3 is 16.8 Å². The zero-order valence-electron chi connectivity index (χ0n) is 14.3. The van der Waals surface area contributed by atoms with Crippen molar-refractivity contribution in [1.82, 2.24) is 4.98 Å². The molecule has 2 heterocycles. The number of thiazole rings is 1. The number of ether oxygens (including phenoxy) is 3. The fraction of sp³-hybridized carbons (Fsp3) is 0.353. The zero-order valence-corrected chi connectivity index (χ0v) is 15.9. The van der Waals surface area contributed by atoms with E-state index in [1.807, 2.05) is 12.1 Å². The molecule has 0 radical (unpaired) electrons. The van der Waals surface area contributed by atoms with Gasteiger partial charge in [0.05, 0.1) is 32.3 Å². The van der Waals surface area contributed by atoms with E-state index in [2.05, 4.69) is 4.98 Å². The van der Waals surface area contributed by atoms with Crippen LogP contribution in [0.2, 0.25) is 0 Å². The third-order valence-corrected chi connectivity index (χ3v) is 6.63. The van der Waals surface area contributed by atoms with Crippen molar-refractivity contribution in [2.24, 2.45) is 5.92 Å². The van der Waals surface area contributed by atoms with Crippen LogP contribution in [-0.4, -0.2) is 43.5 Å². The van der Waals surface area contributed by atoms with Gasteiger partial charge < -0.3 is 19.2 Å². The average molecular weight is 395 g/mol. The summed E-state index contributed by atoms with van der Waals surface area (Å²) >= 11 is 2.16. The summed E-state index contributed by atoms with van der Waals surface area (Å²) in [7, 11) is 4.11. The van der Waals surface area contributed by atoms with Crippen LogP contribution in [0.5, 0.6) is 5.75 Å². The van der Waals surface area contributed by atoms with Crippen LogP contribution in [0.4, 0.5) is 0 Å². The first-order valence-electron chi connectivity index (χ1n) is 7.69. The molecule has 3 rings (SSSR count). The van der Waals surface area contributed by atoms with Gasteiger partial charge in [-0.05, 0) is 17.7 Å². The first-order chi connectivity index (χ1) is 12.5. The molecular formula is C17H17NO6S2. The Labute approximate surface area is 157 Å². The summed E-state index contributed by atoms with van der Waals surface area (Å²) < 4.78 is 15.0. The van der Waals surface area contributed by atoms with Gasteiger partial charge in [-0.2, -0.15) is 0 Å². The molecule has 0 fully saturated rings. The number of carbonyl (C=O) groups is 2. The second-order valence-electron chi connectivity index (χ2n) is 5.57. The fourth-order valence-electron chi connectivity index (χ4n) is 3.03. The Balaban J connectivity index is 2.17. The van der Waals surface area contributed by atoms with E-state index >= 15 is 0 Å². The van der Waals surface area contributed by atoms with Crippen LogP contribution < -0.4 is 9.61 Å². The molecule has 0 bridgehead atoms. The number of nitrogens with one attached hydrogen (secondary N) is 1. The van der Waals surface area contributed by atoms with Gasteiger partial charge in [0.2, 0.25) is 0 Å². The summed E-state index contributed by atoms with van der Waals surface area (Å²) in [6, 6.07) is 7.18. The number of aromatic nitrogens is 1. The predicted octanol–water partition coefficient (Wildman–Crippen LogP) is 2.01. The Hall–Kier alpha value is -2.26. The second kappa shape index (κ2) is 7.55. The summed E-state index contributed by atoms with van der Waals surface area (Å²) in [6.07, 6.45) is 0. The summed E-state index contributed by atoms with van der Waals surface area (Å²) in [5.41, 5.74) is 0.784. The minimum Gasteiger partial charge on any atom is -0.497 e. The molecule has 2 aromatic rings. The number of aromatic amines is 1. The number of methoxy groups -OCH3 is 3. The van der Waals surface area contributed by atoms with Gasteiger partial charge in [-0.25, -0.2) is 0 Å². The molecule has 3 atom stereocenters. The molecule has 1 aliphatic rings. The van der Waals surface area contributed by atoms with Crippen molar-refractivity contribution in [2.45, 2.75) is 16.2 Å². The number of hydrogen-bond donors (Lipinski definition) is 1. The van der Waals surface area contributed by atoms with E-state index < -0.39 is 29.0 Å². The largest absolute Gasteiger partial charge is 0.497 e. The van der Waals surface area contributed by atoms with Crippen molar-refractivity contribution in [3.63, 3.8) is 0 Å². The molecule has 0 spiro atoms. The van der Waals surface area contributed by atoms with Gasteiger partial charge in [0, 0.05) is 10.8 Å². The molecule has 0 saturated carbocycles. The summed E-state index contributed by atoms with van der Waals surface area (Å²) in [4.78, 5) is 40.0. The Morgan fingerprint density at radius 2 is 1.69 bits per heavy atom. The number of esters is 2. The molecule has 7 nitrogen and oxygen atoms in total. The SMILES string of the molecule is COC(=O)[C@H]1[C@H](c2ccc(OC)cc2)c2sc(=O)[nH]c2S[C@@H]1C(=O)OC. The lowest BCUT2D eigenvalue weighted by Gasteiger charge is -2.34. The van der Waals surface area contributed by atoms with Crippen LogP contribution in [0.3, 0.4) is 0 Å². The molecule has 1 aromatic heterocycles. The van der Waals surface area contributed by atoms with Crippen molar-refractivity contribution >= 4 is 35.0 Å². The van der Waals surface area contributed by atoms with Crippen molar-refractivity contribution in [3.05, 3.63) is 44.4 Å². The topological polar surface area (TPSA) is 94.7 Å². The number of rotatable bonds is 4. The number of hydrogen-bond acceptors (Lipinski definition) is 8. The lowest BCUT2D eigenvalue weighted by molar-refractivity contribution is -0.151. The Kier molecular flexibility index (Phi) is 5.38. The molecular weight excluding hydrogens is 378 g/mol. The van der Waals surface area contributed by atoms with Crippen LogP contribution in [-0.2, 0) is 19.1 Å². The smallest absolute Gasteiger partial charge is 0.320 e. The number of fused-ring (bicyclic) bond motifs is 1. The molecule has 1 aliphatic heterocycles. The molecule has 0 unspecified atom stereocenters. The summed E-state index contributed by atoms with van der Waals surface area (Å²) in [6.45, 7) is 0. The predicted molar refractivity (Wildman–Crippen MR) is 96.9 cm³/mol. The Bertz CT molecular complexity index is 872. The maximum atomic E-state index is 12.6. The molecule has 0 aliphatic carbocycles. The van der Waals surface area contributed by atoms with Gasteiger partial charge in [-0.3, -0.25) is 14.4 Å². The normalized spacial score (nSPS) is 21.6. The van der Waals surface area contributed by atoms with Crippen molar-refractivity contribution < 1.29 is 23.8 Å². The molecule has 1 aromatic carbocycles. The van der Waals surface area contributed by atoms with Crippen LogP contribution in [0.25, 0.3) is 0 Å². The molecule has 26 heavy (non-hydrogen) atoms. The average Bonchev–Trinajstić information content (AvgIpc) is 3.05. The second-order valence-corrected chi connectivity index (χ2v) is 7.74. The third-order valence-electron chi connectivity index (χ3n) is 4.24. The molecule has 0 amide bonds. The van der Waals surface area contributed by atoms with E-state index in [1.54, 1.807) is 19.2 Å². The van der Waals surface area contributed by atoms with Crippen LogP contribution in [0.1, 0.15) is 16.4 Å². The van der Waals surface area contributed by atoms with E-state index in [0.717, 1.165) is 28.7 Å². The van der Waals surface area contributed by atoms with Crippen LogP contribution in [0.15, 0.2) is 34.1 Å². The third kappa shape index (κ3) is 3.24. The van der Waals surface area contributed by atoms with E-state index in [4.69, 9.17) is 14.2 Å². The van der Waals surface area contributed by atoms with Crippen molar-refractivity contribution in [1.29, 1.82) is 0 Å². The summed E-state index contributed by atoms with van der Waals surface area (Å²) in [5.74, 6) is -1.72.